The minimum Gasteiger partial charge on any atom is -0.330 e. The molecular weight excluding hydrogens is 252 g/mol. The lowest BCUT2D eigenvalue weighted by atomic mass is 10.1. The van der Waals surface area contributed by atoms with E-state index in [2.05, 4.69) is 0 Å². The average molecular weight is 265 g/mol. The van der Waals surface area contributed by atoms with E-state index in [-0.39, 0.29) is 0 Å². The van der Waals surface area contributed by atoms with Gasteiger partial charge in [-0.1, -0.05) is 30.0 Å². The van der Waals surface area contributed by atoms with E-state index in [4.69, 9.17) is 5.73 Å². The predicted octanol–water partition coefficient (Wildman–Crippen LogP) is 3.62. The highest BCUT2D eigenvalue weighted by atomic mass is 32.2. The molecule has 18 heavy (non-hydrogen) atoms. The number of hydrogen-bond donors (Lipinski definition) is 1. The van der Waals surface area contributed by atoms with Gasteiger partial charge in [0.2, 0.25) is 0 Å². The lowest BCUT2D eigenvalue weighted by molar-refractivity contribution is 0.506. The number of nitrogens with two attached hydrogens (primary N) is 1. The van der Waals surface area contributed by atoms with Crippen LogP contribution in [0.3, 0.4) is 0 Å². The second-order valence-corrected chi connectivity index (χ2v) is 4.94. The first-order valence-electron chi connectivity index (χ1n) is 5.61. The molecule has 0 atom stereocenters. The van der Waals surface area contributed by atoms with Gasteiger partial charge in [0.05, 0.1) is 0 Å². The van der Waals surface area contributed by atoms with Crippen LogP contribution in [-0.2, 0) is 6.42 Å². The van der Waals surface area contributed by atoms with Gasteiger partial charge in [-0.05, 0) is 42.8 Å². The summed E-state index contributed by atoms with van der Waals surface area (Å²) in [6.45, 7) is 0.565. The number of benzene rings is 2. The summed E-state index contributed by atoms with van der Waals surface area (Å²) < 4.78 is 26.0. The number of rotatable bonds is 4. The highest BCUT2D eigenvalue weighted by molar-refractivity contribution is 7.99. The maximum absolute atomic E-state index is 13.1. The van der Waals surface area contributed by atoms with Gasteiger partial charge in [-0.2, -0.15) is 0 Å². The molecule has 0 heterocycles. The van der Waals surface area contributed by atoms with Gasteiger partial charge in [0.25, 0.3) is 0 Å². The lowest BCUT2D eigenvalue weighted by Gasteiger charge is -2.08. The normalized spacial score (nSPS) is 10.6. The molecule has 0 amide bonds. The van der Waals surface area contributed by atoms with Gasteiger partial charge >= 0.3 is 0 Å². The van der Waals surface area contributed by atoms with Crippen LogP contribution in [0.4, 0.5) is 8.78 Å². The first-order chi connectivity index (χ1) is 8.70. The van der Waals surface area contributed by atoms with E-state index in [1.54, 1.807) is 6.07 Å². The van der Waals surface area contributed by atoms with Crippen LogP contribution in [0, 0.1) is 11.6 Å². The lowest BCUT2D eigenvalue weighted by Crippen LogP contribution is -2.03. The Bertz CT molecular complexity index is 543. The highest BCUT2D eigenvalue weighted by Crippen LogP contribution is 2.31. The van der Waals surface area contributed by atoms with Crippen LogP contribution in [0.2, 0.25) is 0 Å². The van der Waals surface area contributed by atoms with Gasteiger partial charge in [-0.15, -0.1) is 0 Å². The predicted molar refractivity (Wildman–Crippen MR) is 69.7 cm³/mol. The summed E-state index contributed by atoms with van der Waals surface area (Å²) in [7, 11) is 0. The van der Waals surface area contributed by atoms with Crippen molar-refractivity contribution in [3.05, 3.63) is 59.7 Å². The highest BCUT2D eigenvalue weighted by Gasteiger charge is 2.06. The summed E-state index contributed by atoms with van der Waals surface area (Å²) in [6, 6.07) is 11.7. The molecule has 2 rings (SSSR count). The zero-order valence-electron chi connectivity index (χ0n) is 9.70. The molecule has 0 radical (unpaired) electrons. The molecule has 0 aliphatic rings. The molecule has 0 aliphatic carbocycles. The second-order valence-electron chi connectivity index (χ2n) is 3.82. The molecule has 0 bridgehead atoms. The monoisotopic (exact) mass is 265 g/mol. The molecule has 0 saturated heterocycles. The largest absolute Gasteiger partial charge is 0.330 e. The third-order valence-electron chi connectivity index (χ3n) is 2.51. The number of hydrogen-bond acceptors (Lipinski definition) is 2. The molecule has 1 nitrogen and oxygen atoms in total. The van der Waals surface area contributed by atoms with Crippen molar-refractivity contribution in [3.8, 4) is 0 Å². The van der Waals surface area contributed by atoms with Gasteiger partial charge in [0, 0.05) is 9.79 Å². The third kappa shape index (κ3) is 3.09. The molecule has 4 heteroatoms. The summed E-state index contributed by atoms with van der Waals surface area (Å²) >= 11 is 1.41. The zero-order valence-corrected chi connectivity index (χ0v) is 10.5. The molecule has 94 valence electrons. The summed E-state index contributed by atoms with van der Waals surface area (Å²) in [5, 5.41) is 0. The van der Waals surface area contributed by atoms with E-state index in [0.717, 1.165) is 22.9 Å². The van der Waals surface area contributed by atoms with Gasteiger partial charge in [-0.3, -0.25) is 0 Å². The zero-order chi connectivity index (χ0) is 13.0. The molecule has 0 aliphatic heterocycles. The molecule has 2 aromatic rings. The van der Waals surface area contributed by atoms with Crippen molar-refractivity contribution >= 4 is 11.8 Å². The van der Waals surface area contributed by atoms with Crippen molar-refractivity contribution in [1.29, 1.82) is 0 Å². The average Bonchev–Trinajstić information content (AvgIpc) is 2.37. The topological polar surface area (TPSA) is 26.0 Å². The summed E-state index contributed by atoms with van der Waals surface area (Å²) in [5.74, 6) is -1.65. The molecule has 0 spiro atoms. The van der Waals surface area contributed by atoms with Gasteiger partial charge in [-0.25, -0.2) is 8.78 Å². The molecule has 0 aromatic heterocycles. The first-order valence-corrected chi connectivity index (χ1v) is 6.43. The van der Waals surface area contributed by atoms with Crippen molar-refractivity contribution in [3.63, 3.8) is 0 Å². The molecule has 0 fully saturated rings. The SMILES string of the molecule is NCCc1ccccc1Sc1ccc(F)c(F)c1. The van der Waals surface area contributed by atoms with E-state index in [9.17, 15) is 8.78 Å². The van der Waals surface area contributed by atoms with E-state index in [1.165, 1.54) is 17.8 Å². The minimum absolute atomic E-state index is 0.565. The van der Waals surface area contributed by atoms with Crippen LogP contribution in [0.15, 0.2) is 52.3 Å². The van der Waals surface area contributed by atoms with Crippen LogP contribution in [0.1, 0.15) is 5.56 Å². The van der Waals surface area contributed by atoms with Crippen LogP contribution in [0.5, 0.6) is 0 Å². The number of halogens is 2. The first kappa shape index (κ1) is 13.1. The summed E-state index contributed by atoms with van der Waals surface area (Å²) in [4.78, 5) is 1.70. The molecule has 0 saturated carbocycles. The molecule has 0 unspecified atom stereocenters. The minimum atomic E-state index is -0.824. The fraction of sp³-hybridized carbons (Fsp3) is 0.143. The van der Waals surface area contributed by atoms with Crippen LogP contribution >= 0.6 is 11.8 Å². The van der Waals surface area contributed by atoms with Gasteiger partial charge < -0.3 is 5.73 Å². The van der Waals surface area contributed by atoms with Crippen LogP contribution in [-0.4, -0.2) is 6.54 Å². The van der Waals surface area contributed by atoms with E-state index in [1.807, 2.05) is 24.3 Å². The van der Waals surface area contributed by atoms with Gasteiger partial charge in [0.15, 0.2) is 11.6 Å². The van der Waals surface area contributed by atoms with Crippen molar-refractivity contribution in [2.45, 2.75) is 16.2 Å². The quantitative estimate of drug-likeness (QED) is 0.913. The van der Waals surface area contributed by atoms with Crippen molar-refractivity contribution in [2.75, 3.05) is 6.54 Å². The smallest absolute Gasteiger partial charge is 0.159 e. The Morgan fingerprint density at radius 1 is 1.00 bits per heavy atom. The fourth-order valence-electron chi connectivity index (χ4n) is 1.63. The molecular formula is C14H13F2NS. The Balaban J connectivity index is 2.25. The van der Waals surface area contributed by atoms with Crippen molar-refractivity contribution < 1.29 is 8.78 Å². The maximum Gasteiger partial charge on any atom is 0.159 e. The van der Waals surface area contributed by atoms with E-state index >= 15 is 0 Å². The Labute approximate surface area is 109 Å². The maximum atomic E-state index is 13.1. The van der Waals surface area contributed by atoms with Crippen molar-refractivity contribution in [1.82, 2.24) is 0 Å². The Morgan fingerprint density at radius 3 is 2.50 bits per heavy atom. The third-order valence-corrected chi connectivity index (χ3v) is 3.61. The standard InChI is InChI=1S/C14H13F2NS/c15-12-6-5-11(9-13(12)16)18-14-4-2-1-3-10(14)7-8-17/h1-6,9H,7-8,17H2. The van der Waals surface area contributed by atoms with Crippen LogP contribution in [0.25, 0.3) is 0 Å². The van der Waals surface area contributed by atoms with Gasteiger partial charge in [0.1, 0.15) is 0 Å². The van der Waals surface area contributed by atoms with Crippen LogP contribution < -0.4 is 5.73 Å². The fourth-order valence-corrected chi connectivity index (χ4v) is 2.63. The summed E-state index contributed by atoms with van der Waals surface area (Å²) in [5.41, 5.74) is 6.67. The summed E-state index contributed by atoms with van der Waals surface area (Å²) in [6.07, 6.45) is 0.771. The Kier molecular flexibility index (Phi) is 4.33. The molecule has 2 aromatic carbocycles. The Hall–Kier alpha value is -1.39. The van der Waals surface area contributed by atoms with E-state index < -0.39 is 11.6 Å². The van der Waals surface area contributed by atoms with E-state index in [0.29, 0.717) is 11.4 Å². The second kappa shape index (κ2) is 5.98. The Morgan fingerprint density at radius 2 is 1.78 bits per heavy atom. The van der Waals surface area contributed by atoms with Crippen molar-refractivity contribution in [2.24, 2.45) is 5.73 Å². The molecule has 2 N–H and O–H groups in total.